The maximum atomic E-state index is 12.8. The van der Waals surface area contributed by atoms with Crippen LogP contribution in [0.2, 0.25) is 0 Å². The van der Waals surface area contributed by atoms with Crippen LogP contribution in [0.4, 0.5) is 0 Å². The summed E-state index contributed by atoms with van der Waals surface area (Å²) in [5.74, 6) is -0.132. The Balaban J connectivity index is 1.54. The van der Waals surface area contributed by atoms with Gasteiger partial charge in [0.05, 0.1) is 19.0 Å². The first-order valence-corrected chi connectivity index (χ1v) is 12.6. The summed E-state index contributed by atoms with van der Waals surface area (Å²) in [5.41, 5.74) is 3.13. The fourth-order valence-electron chi connectivity index (χ4n) is 3.87. The number of amides is 1. The second kappa shape index (κ2) is 11.4. The van der Waals surface area contributed by atoms with Crippen LogP contribution in [0.1, 0.15) is 49.3 Å². The summed E-state index contributed by atoms with van der Waals surface area (Å²) in [6.45, 7) is 3.67. The molecule has 1 heterocycles. The van der Waals surface area contributed by atoms with E-state index in [1.54, 1.807) is 0 Å². The van der Waals surface area contributed by atoms with Gasteiger partial charge in [0.1, 0.15) is 6.04 Å². The predicted molar refractivity (Wildman–Crippen MR) is 122 cm³/mol. The van der Waals surface area contributed by atoms with E-state index in [4.69, 9.17) is 4.74 Å². The van der Waals surface area contributed by atoms with Crippen molar-refractivity contribution in [2.45, 2.75) is 58.4 Å². The van der Waals surface area contributed by atoms with Crippen LogP contribution in [0.15, 0.2) is 54.6 Å². The average molecular weight is 445 g/mol. The van der Waals surface area contributed by atoms with Gasteiger partial charge in [0.15, 0.2) is 0 Å². The van der Waals surface area contributed by atoms with Crippen LogP contribution in [0.25, 0.3) is 0 Å². The number of nitrogens with zero attached hydrogens (tertiary/aromatic N) is 1. The third kappa shape index (κ3) is 6.89. The smallest absolute Gasteiger partial charge is 0.238 e. The lowest BCUT2D eigenvalue weighted by Gasteiger charge is -2.33. The van der Waals surface area contributed by atoms with Crippen molar-refractivity contribution in [1.82, 2.24) is 9.62 Å². The molecule has 1 saturated heterocycles. The van der Waals surface area contributed by atoms with Gasteiger partial charge in [-0.1, -0.05) is 67.9 Å². The fraction of sp³-hybridized carbons (Fsp3) is 0.458. The van der Waals surface area contributed by atoms with Gasteiger partial charge in [-0.05, 0) is 36.0 Å². The molecule has 1 aliphatic rings. The highest BCUT2D eigenvalue weighted by Gasteiger charge is 2.35. The van der Waals surface area contributed by atoms with Gasteiger partial charge >= 0.3 is 0 Å². The van der Waals surface area contributed by atoms with Crippen LogP contribution in [0.3, 0.4) is 0 Å². The van der Waals surface area contributed by atoms with Gasteiger partial charge in [0.25, 0.3) is 0 Å². The van der Waals surface area contributed by atoms with Crippen molar-refractivity contribution in [2.75, 3.05) is 12.3 Å². The molecule has 31 heavy (non-hydrogen) atoms. The third-order valence-corrected chi connectivity index (χ3v) is 7.49. The molecule has 1 N–H and O–H groups in total. The van der Waals surface area contributed by atoms with Crippen molar-refractivity contribution in [3.8, 4) is 0 Å². The molecule has 3 rings (SSSR count). The summed E-state index contributed by atoms with van der Waals surface area (Å²) >= 11 is 0. The summed E-state index contributed by atoms with van der Waals surface area (Å²) < 4.78 is 32.3. The highest BCUT2D eigenvalue weighted by molar-refractivity contribution is 7.89. The number of sulfonamides is 1. The van der Waals surface area contributed by atoms with Gasteiger partial charge < -0.3 is 10.1 Å². The van der Waals surface area contributed by atoms with E-state index in [1.807, 2.05) is 61.5 Å². The number of piperidine rings is 1. The molecule has 168 valence electrons. The van der Waals surface area contributed by atoms with E-state index in [0.717, 1.165) is 29.5 Å². The van der Waals surface area contributed by atoms with Gasteiger partial charge in [0, 0.05) is 13.1 Å². The zero-order valence-corrected chi connectivity index (χ0v) is 18.9. The summed E-state index contributed by atoms with van der Waals surface area (Å²) in [5, 5.41) is 2.94. The summed E-state index contributed by atoms with van der Waals surface area (Å²) in [4.78, 5) is 12.8. The number of hydrogen-bond acceptors (Lipinski definition) is 4. The zero-order valence-electron chi connectivity index (χ0n) is 18.1. The molecule has 0 aromatic heterocycles. The van der Waals surface area contributed by atoms with E-state index in [9.17, 15) is 13.2 Å². The van der Waals surface area contributed by atoms with Crippen LogP contribution in [-0.2, 0) is 39.3 Å². The Morgan fingerprint density at radius 3 is 2.52 bits per heavy atom. The standard InChI is InChI=1S/C24H32N2O4S/c1-2-15-31(28,29)26-14-7-6-13-23(26)24(27)25-17-21-11-8-12-22(16-21)19-30-18-20-9-4-3-5-10-20/h3-5,8-12,16,23H,2,6-7,13-15,17-19H2,1H3,(H,25,27)/t23-/m0/s1. The van der Waals surface area contributed by atoms with Crippen molar-refractivity contribution >= 4 is 15.9 Å². The first-order chi connectivity index (χ1) is 15.0. The van der Waals surface area contributed by atoms with Crippen molar-refractivity contribution in [1.29, 1.82) is 0 Å². The molecule has 0 saturated carbocycles. The van der Waals surface area contributed by atoms with Gasteiger partial charge in [0.2, 0.25) is 15.9 Å². The maximum absolute atomic E-state index is 12.8. The molecule has 0 radical (unpaired) electrons. The zero-order chi connectivity index (χ0) is 22.1. The van der Waals surface area contributed by atoms with E-state index in [0.29, 0.717) is 39.1 Å². The molecule has 1 atom stereocenters. The SMILES string of the molecule is CCCS(=O)(=O)N1CCCC[C@H]1C(=O)NCc1cccc(COCc2ccccc2)c1. The monoisotopic (exact) mass is 444 g/mol. The molecule has 0 bridgehead atoms. The number of benzene rings is 2. The van der Waals surface area contributed by atoms with Crippen LogP contribution in [0.5, 0.6) is 0 Å². The van der Waals surface area contributed by atoms with Crippen molar-refractivity contribution in [2.24, 2.45) is 0 Å². The molecule has 2 aromatic carbocycles. The Hall–Kier alpha value is -2.22. The lowest BCUT2D eigenvalue weighted by Crippen LogP contribution is -2.52. The molecule has 1 amide bonds. The molecule has 0 spiro atoms. The topological polar surface area (TPSA) is 75.7 Å². The Kier molecular flexibility index (Phi) is 8.63. The number of ether oxygens (including phenoxy) is 1. The minimum Gasteiger partial charge on any atom is -0.372 e. The highest BCUT2D eigenvalue weighted by atomic mass is 32.2. The van der Waals surface area contributed by atoms with E-state index in [-0.39, 0.29) is 11.7 Å². The van der Waals surface area contributed by atoms with Crippen molar-refractivity contribution < 1.29 is 17.9 Å². The minimum atomic E-state index is -3.39. The van der Waals surface area contributed by atoms with Crippen molar-refractivity contribution in [3.05, 3.63) is 71.3 Å². The van der Waals surface area contributed by atoms with Gasteiger partial charge in [-0.25, -0.2) is 8.42 Å². The van der Waals surface area contributed by atoms with Crippen LogP contribution < -0.4 is 5.32 Å². The number of nitrogens with one attached hydrogen (secondary N) is 1. The molecule has 0 aliphatic carbocycles. The lowest BCUT2D eigenvalue weighted by atomic mass is 10.0. The normalized spacial score (nSPS) is 17.4. The largest absolute Gasteiger partial charge is 0.372 e. The fourth-order valence-corrected chi connectivity index (χ4v) is 5.62. The van der Waals surface area contributed by atoms with E-state index in [1.165, 1.54) is 4.31 Å². The van der Waals surface area contributed by atoms with Crippen LogP contribution in [0, 0.1) is 0 Å². The second-order valence-corrected chi connectivity index (χ2v) is 10.00. The average Bonchev–Trinajstić information content (AvgIpc) is 2.78. The first-order valence-electron chi connectivity index (χ1n) is 11.0. The number of carbonyl (C=O) groups is 1. The molecule has 6 nitrogen and oxygen atoms in total. The number of carbonyl (C=O) groups excluding carboxylic acids is 1. The highest BCUT2D eigenvalue weighted by Crippen LogP contribution is 2.21. The quantitative estimate of drug-likeness (QED) is 0.607. The molecule has 1 aliphatic heterocycles. The lowest BCUT2D eigenvalue weighted by molar-refractivity contribution is -0.125. The molecule has 7 heteroatoms. The minimum absolute atomic E-state index is 0.0851. The Morgan fingerprint density at radius 1 is 1.03 bits per heavy atom. The van der Waals surface area contributed by atoms with Gasteiger partial charge in [-0.15, -0.1) is 0 Å². The van der Waals surface area contributed by atoms with E-state index < -0.39 is 16.1 Å². The Bertz CT molecular complexity index is 947. The molecular formula is C24H32N2O4S. The van der Waals surface area contributed by atoms with E-state index >= 15 is 0 Å². The summed E-state index contributed by atoms with van der Waals surface area (Å²) in [7, 11) is -3.39. The summed E-state index contributed by atoms with van der Waals surface area (Å²) in [6.07, 6.45) is 2.79. The maximum Gasteiger partial charge on any atom is 0.238 e. The van der Waals surface area contributed by atoms with Crippen LogP contribution >= 0.6 is 0 Å². The molecule has 1 fully saturated rings. The number of hydrogen-bond donors (Lipinski definition) is 1. The number of rotatable bonds is 10. The van der Waals surface area contributed by atoms with Gasteiger partial charge in [-0.2, -0.15) is 4.31 Å². The third-order valence-electron chi connectivity index (χ3n) is 5.41. The second-order valence-electron chi connectivity index (χ2n) is 7.95. The summed E-state index contributed by atoms with van der Waals surface area (Å²) in [6, 6.07) is 17.3. The molecule has 0 unspecified atom stereocenters. The Morgan fingerprint density at radius 2 is 1.74 bits per heavy atom. The van der Waals surface area contributed by atoms with E-state index in [2.05, 4.69) is 5.32 Å². The van der Waals surface area contributed by atoms with Crippen LogP contribution in [-0.4, -0.2) is 37.0 Å². The van der Waals surface area contributed by atoms with Crippen molar-refractivity contribution in [3.63, 3.8) is 0 Å². The van der Waals surface area contributed by atoms with Gasteiger partial charge in [-0.3, -0.25) is 4.79 Å². The Labute approximate surface area is 185 Å². The molecule has 2 aromatic rings. The predicted octanol–water partition coefficient (Wildman–Crippen LogP) is 3.61. The molecular weight excluding hydrogens is 412 g/mol. The first kappa shape index (κ1) is 23.4.